The van der Waals surface area contributed by atoms with Gasteiger partial charge in [0.2, 0.25) is 0 Å². The summed E-state index contributed by atoms with van der Waals surface area (Å²) >= 11 is 9.35. The second-order valence-electron chi connectivity index (χ2n) is 8.96. The first-order chi connectivity index (χ1) is 17.8. The van der Waals surface area contributed by atoms with Crippen LogP contribution >= 0.6 is 34.7 Å². The minimum atomic E-state index is -0.756. The molecule has 13 heteroatoms. The van der Waals surface area contributed by atoms with Crippen LogP contribution in [-0.2, 0) is 20.9 Å². The Labute approximate surface area is 226 Å². The predicted molar refractivity (Wildman–Crippen MR) is 144 cm³/mol. The standard InChI is InChI=1S/C24H26ClN7O3S2/c1-13(35-14(2)33)22(34)31-9-6-15(7-10-31)8-11-32-21-18(20(26)27-12-28-21)30-23(32)37-24-29-17-5-3-4-16(25)19(17)36-24/h3-5,12-13,15H,6-11H2,1-2H3,(H2,26,27,28). The molecule has 194 valence electrons. The summed E-state index contributed by atoms with van der Waals surface area (Å²) in [5.41, 5.74) is 8.23. The number of piperidine rings is 1. The molecule has 1 fully saturated rings. The number of hydrogen-bond acceptors (Lipinski definition) is 10. The van der Waals surface area contributed by atoms with E-state index in [1.54, 1.807) is 11.8 Å². The van der Waals surface area contributed by atoms with E-state index in [0.29, 0.717) is 47.6 Å². The van der Waals surface area contributed by atoms with Crippen LogP contribution in [0.3, 0.4) is 0 Å². The van der Waals surface area contributed by atoms with Crippen LogP contribution in [0.15, 0.2) is 34.0 Å². The minimum absolute atomic E-state index is 0.143. The number of rotatable bonds is 7. The zero-order chi connectivity index (χ0) is 26.1. The summed E-state index contributed by atoms with van der Waals surface area (Å²) in [7, 11) is 0. The number of hydrogen-bond donors (Lipinski definition) is 1. The zero-order valence-electron chi connectivity index (χ0n) is 20.4. The fourth-order valence-electron chi connectivity index (χ4n) is 4.54. The summed E-state index contributed by atoms with van der Waals surface area (Å²) in [6.45, 7) is 4.91. The highest BCUT2D eigenvalue weighted by Crippen LogP contribution is 2.38. The number of nitrogens with two attached hydrogens (primary N) is 1. The molecule has 0 radical (unpaired) electrons. The Morgan fingerprint density at radius 3 is 2.78 bits per heavy atom. The first-order valence-corrected chi connectivity index (χ1v) is 14.0. The van der Waals surface area contributed by atoms with E-state index in [1.165, 1.54) is 36.3 Å². The van der Waals surface area contributed by atoms with Crippen LogP contribution < -0.4 is 5.73 Å². The molecule has 2 N–H and O–H groups in total. The molecule has 1 aliphatic rings. The highest BCUT2D eigenvalue weighted by molar-refractivity contribution is 8.01. The van der Waals surface area contributed by atoms with Gasteiger partial charge in [0.15, 0.2) is 32.6 Å². The van der Waals surface area contributed by atoms with E-state index in [1.807, 2.05) is 18.2 Å². The third-order valence-corrected chi connectivity index (χ3v) is 9.02. The largest absolute Gasteiger partial charge is 0.453 e. The van der Waals surface area contributed by atoms with Crippen LogP contribution in [0.1, 0.15) is 33.1 Å². The number of esters is 1. The topological polar surface area (TPSA) is 129 Å². The van der Waals surface area contributed by atoms with Gasteiger partial charge >= 0.3 is 5.97 Å². The molecule has 1 unspecified atom stereocenters. The maximum Gasteiger partial charge on any atom is 0.303 e. The average Bonchev–Trinajstić information content (AvgIpc) is 3.45. The number of halogens is 1. The van der Waals surface area contributed by atoms with Gasteiger partial charge in [0.25, 0.3) is 5.91 Å². The van der Waals surface area contributed by atoms with Crippen LogP contribution in [0.2, 0.25) is 5.02 Å². The third kappa shape index (κ3) is 5.51. The number of anilines is 1. The van der Waals surface area contributed by atoms with Gasteiger partial charge in [0.05, 0.1) is 15.2 Å². The molecule has 1 aromatic carbocycles. The molecule has 0 aliphatic carbocycles. The number of aromatic nitrogens is 5. The maximum atomic E-state index is 12.6. The number of imidazole rings is 1. The van der Waals surface area contributed by atoms with Crippen molar-refractivity contribution in [2.45, 2.75) is 55.3 Å². The number of ether oxygens (including phenoxy) is 1. The van der Waals surface area contributed by atoms with Crippen molar-refractivity contribution in [3.8, 4) is 0 Å². The summed E-state index contributed by atoms with van der Waals surface area (Å²) in [6, 6.07) is 5.69. The number of amides is 1. The predicted octanol–water partition coefficient (Wildman–Crippen LogP) is 4.40. The molecular weight excluding hydrogens is 534 g/mol. The molecule has 10 nitrogen and oxygen atoms in total. The SMILES string of the molecule is CC(=O)OC(C)C(=O)N1CCC(CCn2c(Sc3nc4cccc(Cl)c4s3)nc3c(N)ncnc32)CC1. The van der Waals surface area contributed by atoms with Crippen LogP contribution in [0, 0.1) is 5.92 Å². The van der Waals surface area contributed by atoms with Gasteiger partial charge < -0.3 is 19.9 Å². The van der Waals surface area contributed by atoms with E-state index in [9.17, 15) is 9.59 Å². The van der Waals surface area contributed by atoms with Crippen molar-refractivity contribution in [1.29, 1.82) is 0 Å². The van der Waals surface area contributed by atoms with E-state index in [0.717, 1.165) is 39.0 Å². The Morgan fingerprint density at radius 1 is 1.27 bits per heavy atom. The number of likely N-dealkylation sites (tertiary alicyclic amines) is 1. The summed E-state index contributed by atoms with van der Waals surface area (Å²) in [5, 5.41) is 1.43. The second-order valence-corrected chi connectivity index (χ2v) is 11.6. The molecule has 0 bridgehead atoms. The number of nitrogens with zero attached hydrogens (tertiary/aromatic N) is 6. The second kappa shape index (κ2) is 10.8. The zero-order valence-corrected chi connectivity index (χ0v) is 22.8. The number of aryl methyl sites for hydroxylation is 1. The Hall–Kier alpha value is -2.96. The summed E-state index contributed by atoms with van der Waals surface area (Å²) < 4.78 is 8.90. The minimum Gasteiger partial charge on any atom is -0.453 e. The van der Waals surface area contributed by atoms with Crippen LogP contribution in [-0.4, -0.2) is 60.5 Å². The molecule has 3 aromatic heterocycles. The van der Waals surface area contributed by atoms with E-state index in [-0.39, 0.29) is 5.91 Å². The third-order valence-electron chi connectivity index (χ3n) is 6.43. The quantitative estimate of drug-likeness (QED) is 0.327. The average molecular weight is 560 g/mol. The lowest BCUT2D eigenvalue weighted by molar-refractivity contribution is -0.158. The van der Waals surface area contributed by atoms with Gasteiger partial charge in [-0.3, -0.25) is 9.59 Å². The van der Waals surface area contributed by atoms with Crippen molar-refractivity contribution >= 4 is 73.8 Å². The van der Waals surface area contributed by atoms with Gasteiger partial charge in [-0.1, -0.05) is 17.7 Å². The molecule has 0 saturated carbocycles. The summed E-state index contributed by atoms with van der Waals surface area (Å²) in [4.78, 5) is 43.6. The van der Waals surface area contributed by atoms with Crippen molar-refractivity contribution in [1.82, 2.24) is 29.4 Å². The van der Waals surface area contributed by atoms with Gasteiger partial charge in [0, 0.05) is 26.6 Å². The number of nitrogen functional groups attached to an aromatic ring is 1. The lowest BCUT2D eigenvalue weighted by atomic mass is 9.93. The lowest BCUT2D eigenvalue weighted by Crippen LogP contribution is -2.44. The maximum absolute atomic E-state index is 12.6. The number of carbonyl (C=O) groups is 2. The van der Waals surface area contributed by atoms with E-state index >= 15 is 0 Å². The molecule has 37 heavy (non-hydrogen) atoms. The molecular formula is C24H26ClN7O3S2. The van der Waals surface area contributed by atoms with Crippen molar-refractivity contribution in [2.24, 2.45) is 5.92 Å². The van der Waals surface area contributed by atoms with Gasteiger partial charge in [-0.15, -0.1) is 11.3 Å². The normalized spacial score (nSPS) is 15.4. The Morgan fingerprint density at radius 2 is 2.05 bits per heavy atom. The number of fused-ring (bicyclic) bond motifs is 2. The van der Waals surface area contributed by atoms with Crippen molar-refractivity contribution in [3.05, 3.63) is 29.5 Å². The molecule has 1 atom stereocenters. The Kier molecular flexibility index (Phi) is 7.50. The Bertz CT molecular complexity index is 1470. The van der Waals surface area contributed by atoms with Gasteiger partial charge in [-0.05, 0) is 56.0 Å². The van der Waals surface area contributed by atoms with E-state index < -0.39 is 12.1 Å². The van der Waals surface area contributed by atoms with E-state index in [4.69, 9.17) is 32.0 Å². The molecule has 1 aliphatic heterocycles. The number of benzene rings is 1. The molecule has 4 aromatic rings. The lowest BCUT2D eigenvalue weighted by Gasteiger charge is -2.33. The highest BCUT2D eigenvalue weighted by Gasteiger charge is 2.28. The van der Waals surface area contributed by atoms with Crippen LogP contribution in [0.5, 0.6) is 0 Å². The highest BCUT2D eigenvalue weighted by atomic mass is 35.5. The Balaban J connectivity index is 1.30. The van der Waals surface area contributed by atoms with Gasteiger partial charge in [0.1, 0.15) is 6.33 Å². The summed E-state index contributed by atoms with van der Waals surface area (Å²) in [6.07, 6.45) is 3.35. The fraction of sp³-hybridized carbons (Fsp3) is 0.417. The van der Waals surface area contributed by atoms with Crippen molar-refractivity contribution in [3.63, 3.8) is 0 Å². The fourth-order valence-corrected chi connectivity index (χ4v) is 6.89. The molecule has 0 spiro atoms. The van der Waals surface area contributed by atoms with Crippen molar-refractivity contribution < 1.29 is 14.3 Å². The van der Waals surface area contributed by atoms with Gasteiger partial charge in [-0.25, -0.2) is 19.9 Å². The first kappa shape index (κ1) is 25.7. The number of carbonyl (C=O) groups excluding carboxylic acids is 2. The van der Waals surface area contributed by atoms with Crippen LogP contribution in [0.4, 0.5) is 5.82 Å². The van der Waals surface area contributed by atoms with Crippen molar-refractivity contribution in [2.75, 3.05) is 18.8 Å². The van der Waals surface area contributed by atoms with Gasteiger partial charge in [-0.2, -0.15) is 0 Å². The first-order valence-electron chi connectivity index (χ1n) is 12.0. The monoisotopic (exact) mass is 559 g/mol. The molecule has 5 rings (SSSR count). The van der Waals surface area contributed by atoms with E-state index in [2.05, 4.69) is 14.5 Å². The molecule has 1 amide bonds. The number of thiazole rings is 1. The summed E-state index contributed by atoms with van der Waals surface area (Å²) in [5.74, 6) is 0.182. The molecule has 4 heterocycles. The van der Waals surface area contributed by atoms with Crippen LogP contribution in [0.25, 0.3) is 21.4 Å². The molecule has 1 saturated heterocycles. The smallest absolute Gasteiger partial charge is 0.303 e.